The lowest BCUT2D eigenvalue weighted by atomic mass is 10.8. The van der Waals surface area contributed by atoms with Gasteiger partial charge in [0.2, 0.25) is 0 Å². The molecule has 0 N–H and O–H groups in total. The third-order valence-electron chi connectivity index (χ3n) is 1.30. The van der Waals surface area contributed by atoms with Gasteiger partial charge in [-0.1, -0.05) is 6.92 Å². The van der Waals surface area contributed by atoms with Crippen molar-refractivity contribution in [3.63, 3.8) is 0 Å². The molecule has 0 aromatic carbocycles. The summed E-state index contributed by atoms with van der Waals surface area (Å²) in [5.74, 6) is 0.0450. The Morgan fingerprint density at radius 2 is 2.08 bits per heavy atom. The number of halogens is 1. The molecule has 0 spiro atoms. The third kappa shape index (κ3) is 2.01. The highest BCUT2D eigenvalue weighted by Gasteiger charge is 2.12. The highest BCUT2D eigenvalue weighted by atomic mass is 79.9. The van der Waals surface area contributed by atoms with Crippen LogP contribution in [-0.2, 0) is 9.84 Å². The fraction of sp³-hybridized carbons (Fsp3) is 0.333. The quantitative estimate of drug-likeness (QED) is 0.787. The van der Waals surface area contributed by atoms with E-state index in [1.807, 2.05) is 0 Å². The molecule has 12 heavy (non-hydrogen) atoms. The largest absolute Gasteiger partial charge is 0.245 e. The molecular formula is C6H7BrN2O2S. The van der Waals surface area contributed by atoms with Crippen molar-refractivity contribution in [2.24, 2.45) is 0 Å². The number of aromatic nitrogens is 2. The molecule has 0 aliphatic carbocycles. The van der Waals surface area contributed by atoms with Crippen LogP contribution in [0.4, 0.5) is 0 Å². The predicted octanol–water partition coefficient (Wildman–Crippen LogP) is 1.03. The van der Waals surface area contributed by atoms with E-state index in [0.717, 1.165) is 0 Å². The molecular weight excluding hydrogens is 244 g/mol. The van der Waals surface area contributed by atoms with E-state index in [4.69, 9.17) is 0 Å². The number of nitrogens with zero attached hydrogens (tertiary/aromatic N) is 2. The second-order valence-corrected chi connectivity index (χ2v) is 5.12. The summed E-state index contributed by atoms with van der Waals surface area (Å²) in [6.07, 6.45) is 2.60. The maximum atomic E-state index is 11.2. The van der Waals surface area contributed by atoms with E-state index in [0.29, 0.717) is 4.60 Å². The summed E-state index contributed by atoms with van der Waals surface area (Å²) in [6, 6.07) is 0. The Hall–Kier alpha value is -0.490. The molecule has 1 aromatic heterocycles. The van der Waals surface area contributed by atoms with Crippen LogP contribution >= 0.6 is 15.9 Å². The standard InChI is InChI=1S/C6H7BrN2O2S/c1-2-12(10,11)6-4-8-5(7)3-9-6/h3-4H,2H2,1H3. The Bertz CT molecular complexity index is 360. The van der Waals surface area contributed by atoms with Crippen LogP contribution in [0, 0.1) is 0 Å². The van der Waals surface area contributed by atoms with Gasteiger partial charge in [0.1, 0.15) is 4.60 Å². The van der Waals surface area contributed by atoms with E-state index in [1.54, 1.807) is 6.92 Å². The lowest BCUT2D eigenvalue weighted by Crippen LogP contribution is -2.06. The van der Waals surface area contributed by atoms with Crippen LogP contribution in [0.25, 0.3) is 0 Å². The van der Waals surface area contributed by atoms with E-state index in [1.165, 1.54) is 12.4 Å². The zero-order chi connectivity index (χ0) is 9.19. The fourth-order valence-corrected chi connectivity index (χ4v) is 1.54. The van der Waals surface area contributed by atoms with Crippen molar-refractivity contribution < 1.29 is 8.42 Å². The normalized spacial score (nSPS) is 11.5. The summed E-state index contributed by atoms with van der Waals surface area (Å²) < 4.78 is 22.9. The molecule has 0 unspecified atom stereocenters. The molecule has 0 fully saturated rings. The van der Waals surface area contributed by atoms with Crippen molar-refractivity contribution in [3.8, 4) is 0 Å². The second-order valence-electron chi connectivity index (χ2n) is 2.08. The Morgan fingerprint density at radius 3 is 2.50 bits per heavy atom. The first-order valence-electron chi connectivity index (χ1n) is 3.26. The van der Waals surface area contributed by atoms with Gasteiger partial charge < -0.3 is 0 Å². The first-order valence-corrected chi connectivity index (χ1v) is 5.71. The number of hydrogen-bond donors (Lipinski definition) is 0. The molecule has 0 radical (unpaired) electrons. The van der Waals surface area contributed by atoms with Crippen molar-refractivity contribution in [3.05, 3.63) is 17.0 Å². The minimum atomic E-state index is -3.21. The number of sulfone groups is 1. The van der Waals surface area contributed by atoms with Crippen LogP contribution in [0.15, 0.2) is 22.0 Å². The maximum Gasteiger partial charge on any atom is 0.196 e. The van der Waals surface area contributed by atoms with E-state index in [9.17, 15) is 8.42 Å². The van der Waals surface area contributed by atoms with Gasteiger partial charge in [-0.3, -0.25) is 0 Å². The van der Waals surface area contributed by atoms with Crippen LogP contribution in [0.1, 0.15) is 6.92 Å². The van der Waals surface area contributed by atoms with E-state index in [-0.39, 0.29) is 10.8 Å². The van der Waals surface area contributed by atoms with E-state index < -0.39 is 9.84 Å². The Balaban J connectivity index is 3.14. The smallest absolute Gasteiger partial charge is 0.196 e. The summed E-state index contributed by atoms with van der Waals surface area (Å²) in [4.78, 5) is 7.49. The first kappa shape index (κ1) is 9.60. The Morgan fingerprint density at radius 1 is 1.42 bits per heavy atom. The molecule has 66 valence electrons. The van der Waals surface area contributed by atoms with Crippen LogP contribution in [0.3, 0.4) is 0 Å². The Kier molecular flexibility index (Phi) is 2.79. The topological polar surface area (TPSA) is 59.9 Å². The van der Waals surface area contributed by atoms with Crippen molar-refractivity contribution in [2.75, 3.05) is 5.75 Å². The maximum absolute atomic E-state index is 11.2. The summed E-state index contributed by atoms with van der Waals surface area (Å²) in [5, 5.41) is 0.0215. The highest BCUT2D eigenvalue weighted by Crippen LogP contribution is 2.08. The zero-order valence-electron chi connectivity index (χ0n) is 6.36. The predicted molar refractivity (Wildman–Crippen MR) is 47.5 cm³/mol. The number of hydrogen-bond acceptors (Lipinski definition) is 4. The van der Waals surface area contributed by atoms with Crippen molar-refractivity contribution in [1.82, 2.24) is 9.97 Å². The molecule has 1 heterocycles. The van der Waals surface area contributed by atoms with Gasteiger partial charge in [-0.25, -0.2) is 18.4 Å². The van der Waals surface area contributed by atoms with E-state index >= 15 is 0 Å². The summed E-state index contributed by atoms with van der Waals surface area (Å²) >= 11 is 3.07. The SMILES string of the molecule is CCS(=O)(=O)c1cnc(Br)cn1. The molecule has 0 amide bonds. The highest BCUT2D eigenvalue weighted by molar-refractivity contribution is 9.10. The van der Waals surface area contributed by atoms with Crippen LogP contribution < -0.4 is 0 Å². The molecule has 1 rings (SSSR count). The Labute approximate surface area is 79.1 Å². The van der Waals surface area contributed by atoms with Gasteiger partial charge in [0.25, 0.3) is 0 Å². The lowest BCUT2D eigenvalue weighted by molar-refractivity contribution is 0.592. The monoisotopic (exact) mass is 250 g/mol. The molecule has 0 atom stereocenters. The van der Waals surface area contributed by atoms with Crippen molar-refractivity contribution in [2.45, 2.75) is 11.9 Å². The third-order valence-corrected chi connectivity index (χ3v) is 3.31. The average Bonchev–Trinajstić information content (AvgIpc) is 2.05. The second kappa shape index (κ2) is 3.49. The minimum absolute atomic E-state index is 0.0215. The first-order chi connectivity index (χ1) is 5.56. The van der Waals surface area contributed by atoms with Crippen LogP contribution in [-0.4, -0.2) is 24.1 Å². The minimum Gasteiger partial charge on any atom is -0.245 e. The summed E-state index contributed by atoms with van der Waals surface area (Å²) in [6.45, 7) is 1.57. The van der Waals surface area contributed by atoms with Crippen LogP contribution in [0.2, 0.25) is 0 Å². The molecule has 0 saturated heterocycles. The van der Waals surface area contributed by atoms with Gasteiger partial charge in [0.15, 0.2) is 14.9 Å². The van der Waals surface area contributed by atoms with Gasteiger partial charge in [-0.05, 0) is 15.9 Å². The summed E-state index contributed by atoms with van der Waals surface area (Å²) in [7, 11) is -3.21. The van der Waals surface area contributed by atoms with Gasteiger partial charge in [0, 0.05) is 0 Å². The van der Waals surface area contributed by atoms with Gasteiger partial charge in [0.05, 0.1) is 18.1 Å². The molecule has 6 heteroatoms. The molecule has 0 saturated carbocycles. The zero-order valence-corrected chi connectivity index (χ0v) is 8.76. The molecule has 1 aromatic rings. The van der Waals surface area contributed by atoms with Crippen molar-refractivity contribution >= 4 is 25.8 Å². The van der Waals surface area contributed by atoms with Gasteiger partial charge >= 0.3 is 0 Å². The molecule has 0 aliphatic heterocycles. The average molecular weight is 251 g/mol. The van der Waals surface area contributed by atoms with Gasteiger partial charge in [-0.15, -0.1) is 0 Å². The summed E-state index contributed by atoms with van der Waals surface area (Å²) in [5.41, 5.74) is 0. The van der Waals surface area contributed by atoms with Gasteiger partial charge in [-0.2, -0.15) is 0 Å². The molecule has 0 aliphatic rings. The fourth-order valence-electron chi connectivity index (χ4n) is 0.609. The molecule has 0 bridgehead atoms. The number of rotatable bonds is 2. The molecule has 4 nitrogen and oxygen atoms in total. The van der Waals surface area contributed by atoms with Crippen molar-refractivity contribution in [1.29, 1.82) is 0 Å². The van der Waals surface area contributed by atoms with Crippen LogP contribution in [0.5, 0.6) is 0 Å². The van der Waals surface area contributed by atoms with E-state index in [2.05, 4.69) is 25.9 Å². The lowest BCUT2D eigenvalue weighted by Gasteiger charge is -1.97.